The molecule has 0 aromatic carbocycles. The number of anilines is 2. The van der Waals surface area contributed by atoms with E-state index in [2.05, 4.69) is 38.0 Å². The maximum absolute atomic E-state index is 9.39. The number of aliphatic hydroxyl groups is 1. The van der Waals surface area contributed by atoms with Gasteiger partial charge in [0.05, 0.1) is 24.9 Å². The Hall–Kier alpha value is -1.49. The van der Waals surface area contributed by atoms with E-state index in [0.717, 1.165) is 6.42 Å². The average molecular weight is 281 g/mol. The molecule has 5 heteroatoms. The second kappa shape index (κ2) is 7.94. The number of aliphatic hydroxyl groups excluding tert-OH is 1. The van der Waals surface area contributed by atoms with Crippen LogP contribution in [-0.4, -0.2) is 29.3 Å². The van der Waals surface area contributed by atoms with E-state index in [-0.39, 0.29) is 12.6 Å². The van der Waals surface area contributed by atoms with Gasteiger partial charge in [0.15, 0.2) is 0 Å². The van der Waals surface area contributed by atoms with E-state index in [1.54, 1.807) is 12.1 Å². The van der Waals surface area contributed by atoms with Gasteiger partial charge in [-0.05, 0) is 30.4 Å². The molecule has 1 rings (SSSR count). The minimum absolute atomic E-state index is 0.0101. The Morgan fingerprint density at radius 1 is 1.25 bits per heavy atom. The average Bonchev–Trinajstić information content (AvgIpc) is 2.37. The zero-order valence-electron chi connectivity index (χ0n) is 12.9. The Labute approximate surface area is 121 Å². The number of hydrogen-bond donors (Lipinski definition) is 3. The summed E-state index contributed by atoms with van der Waals surface area (Å²) in [5.74, 6) is 2.05. The van der Waals surface area contributed by atoms with Crippen LogP contribution in [-0.2, 0) is 0 Å². The lowest BCUT2D eigenvalue weighted by Crippen LogP contribution is -2.26. The largest absolute Gasteiger partial charge is 0.476 e. The topological polar surface area (TPSA) is 80.4 Å². The summed E-state index contributed by atoms with van der Waals surface area (Å²) in [6, 6.07) is 3.57. The third-order valence-electron chi connectivity index (χ3n) is 2.77. The first-order valence-electron chi connectivity index (χ1n) is 7.19. The zero-order valence-corrected chi connectivity index (χ0v) is 12.9. The van der Waals surface area contributed by atoms with Gasteiger partial charge in [-0.3, -0.25) is 0 Å². The number of nitrogens with two attached hydrogens (primary N) is 1. The maximum Gasteiger partial charge on any atom is 0.239 e. The fraction of sp³-hybridized carbons (Fsp3) is 0.667. The lowest BCUT2D eigenvalue weighted by molar-refractivity contribution is 0.257. The second-order valence-corrected chi connectivity index (χ2v) is 5.95. The monoisotopic (exact) mass is 281 g/mol. The van der Waals surface area contributed by atoms with Gasteiger partial charge in [-0.15, -0.1) is 0 Å². The molecule has 20 heavy (non-hydrogen) atoms. The van der Waals surface area contributed by atoms with Gasteiger partial charge in [-0.2, -0.15) is 4.98 Å². The summed E-state index contributed by atoms with van der Waals surface area (Å²) in [6.45, 7) is 9.05. The fourth-order valence-corrected chi connectivity index (χ4v) is 1.85. The summed E-state index contributed by atoms with van der Waals surface area (Å²) in [5.41, 5.74) is 6.38. The SMILES string of the molecule is CC(C)COc1nc(NC(CO)CC(C)C)ccc1N. The van der Waals surface area contributed by atoms with E-state index >= 15 is 0 Å². The minimum atomic E-state index is -0.0101. The molecule has 1 aromatic rings. The van der Waals surface area contributed by atoms with Crippen LogP contribution in [0.2, 0.25) is 0 Å². The number of pyridine rings is 1. The second-order valence-electron chi connectivity index (χ2n) is 5.95. The van der Waals surface area contributed by atoms with E-state index in [1.807, 2.05) is 0 Å². The van der Waals surface area contributed by atoms with E-state index in [0.29, 0.717) is 35.8 Å². The van der Waals surface area contributed by atoms with Gasteiger partial charge in [-0.25, -0.2) is 0 Å². The molecule has 0 bridgehead atoms. The van der Waals surface area contributed by atoms with Crippen molar-refractivity contribution in [1.29, 1.82) is 0 Å². The Morgan fingerprint density at radius 3 is 2.50 bits per heavy atom. The van der Waals surface area contributed by atoms with E-state index < -0.39 is 0 Å². The molecule has 1 atom stereocenters. The summed E-state index contributed by atoms with van der Waals surface area (Å²) < 4.78 is 5.60. The molecule has 0 fully saturated rings. The maximum atomic E-state index is 9.39. The third-order valence-corrected chi connectivity index (χ3v) is 2.77. The van der Waals surface area contributed by atoms with Crippen LogP contribution < -0.4 is 15.8 Å². The van der Waals surface area contributed by atoms with Crippen molar-refractivity contribution in [1.82, 2.24) is 4.98 Å². The van der Waals surface area contributed by atoms with Crippen molar-refractivity contribution in [3.05, 3.63) is 12.1 Å². The van der Waals surface area contributed by atoms with Crippen molar-refractivity contribution in [3.63, 3.8) is 0 Å². The Morgan fingerprint density at radius 2 is 1.95 bits per heavy atom. The zero-order chi connectivity index (χ0) is 15.1. The summed E-state index contributed by atoms with van der Waals surface area (Å²) in [5, 5.41) is 12.6. The van der Waals surface area contributed by atoms with Gasteiger partial charge in [0.2, 0.25) is 5.88 Å². The molecule has 0 amide bonds. The lowest BCUT2D eigenvalue weighted by atomic mass is 10.0. The summed E-state index contributed by atoms with van der Waals surface area (Å²) in [7, 11) is 0. The van der Waals surface area contributed by atoms with Crippen molar-refractivity contribution >= 4 is 11.5 Å². The normalized spacial score (nSPS) is 12.8. The van der Waals surface area contributed by atoms with Crippen LogP contribution in [0.15, 0.2) is 12.1 Å². The van der Waals surface area contributed by atoms with Crippen molar-refractivity contribution in [2.45, 2.75) is 40.2 Å². The van der Waals surface area contributed by atoms with Crippen molar-refractivity contribution < 1.29 is 9.84 Å². The molecule has 0 spiro atoms. The number of ether oxygens (including phenoxy) is 1. The lowest BCUT2D eigenvalue weighted by Gasteiger charge is -2.19. The predicted octanol–water partition coefficient (Wildman–Crippen LogP) is 2.52. The van der Waals surface area contributed by atoms with Crippen LogP contribution >= 0.6 is 0 Å². The molecule has 1 unspecified atom stereocenters. The molecule has 1 aromatic heterocycles. The number of nitrogen functional groups attached to an aromatic ring is 1. The molecule has 4 N–H and O–H groups in total. The first kappa shape index (κ1) is 16.6. The number of aromatic nitrogens is 1. The van der Waals surface area contributed by atoms with Gasteiger partial charge < -0.3 is 20.9 Å². The smallest absolute Gasteiger partial charge is 0.239 e. The van der Waals surface area contributed by atoms with Gasteiger partial charge in [0.25, 0.3) is 0 Å². The summed E-state index contributed by atoms with van der Waals surface area (Å²) >= 11 is 0. The van der Waals surface area contributed by atoms with E-state index in [9.17, 15) is 5.11 Å². The summed E-state index contributed by atoms with van der Waals surface area (Å²) in [4.78, 5) is 4.37. The molecule has 1 heterocycles. The molecule has 0 aliphatic heterocycles. The first-order valence-corrected chi connectivity index (χ1v) is 7.19. The van der Waals surface area contributed by atoms with Crippen LogP contribution in [0.3, 0.4) is 0 Å². The highest BCUT2D eigenvalue weighted by Crippen LogP contribution is 2.22. The standard InChI is InChI=1S/C15H27N3O2/c1-10(2)7-12(8-19)17-14-6-5-13(16)15(18-14)20-9-11(3)4/h5-6,10-12,19H,7-9,16H2,1-4H3,(H,17,18). The summed E-state index contributed by atoms with van der Waals surface area (Å²) in [6.07, 6.45) is 0.880. The van der Waals surface area contributed by atoms with Crippen LogP contribution in [0.1, 0.15) is 34.1 Å². The number of nitrogens with zero attached hydrogens (tertiary/aromatic N) is 1. The van der Waals surface area contributed by atoms with Gasteiger partial charge in [0, 0.05) is 0 Å². The van der Waals surface area contributed by atoms with Crippen molar-refractivity contribution in [2.75, 3.05) is 24.3 Å². The fourth-order valence-electron chi connectivity index (χ4n) is 1.85. The molecule has 0 aliphatic rings. The van der Waals surface area contributed by atoms with Gasteiger partial charge in [-0.1, -0.05) is 27.7 Å². The molecular weight excluding hydrogens is 254 g/mol. The Kier molecular flexibility index (Phi) is 6.58. The molecule has 0 radical (unpaired) electrons. The highest BCUT2D eigenvalue weighted by Gasteiger charge is 2.12. The molecule has 0 saturated carbocycles. The number of hydrogen-bond acceptors (Lipinski definition) is 5. The number of rotatable bonds is 8. The molecule has 5 nitrogen and oxygen atoms in total. The highest BCUT2D eigenvalue weighted by atomic mass is 16.5. The van der Waals surface area contributed by atoms with Gasteiger partial charge in [0.1, 0.15) is 5.82 Å². The van der Waals surface area contributed by atoms with Crippen LogP contribution in [0.5, 0.6) is 5.88 Å². The first-order chi connectivity index (χ1) is 9.42. The third kappa shape index (κ3) is 5.65. The van der Waals surface area contributed by atoms with Crippen LogP contribution in [0.25, 0.3) is 0 Å². The number of nitrogens with one attached hydrogen (secondary N) is 1. The van der Waals surface area contributed by atoms with Crippen molar-refractivity contribution in [3.8, 4) is 5.88 Å². The van der Waals surface area contributed by atoms with Crippen molar-refractivity contribution in [2.24, 2.45) is 11.8 Å². The van der Waals surface area contributed by atoms with Crippen LogP contribution in [0, 0.1) is 11.8 Å². The van der Waals surface area contributed by atoms with E-state index in [4.69, 9.17) is 10.5 Å². The quantitative estimate of drug-likeness (QED) is 0.682. The van der Waals surface area contributed by atoms with Crippen LogP contribution in [0.4, 0.5) is 11.5 Å². The Balaban J connectivity index is 2.72. The molecule has 114 valence electrons. The predicted molar refractivity (Wildman–Crippen MR) is 82.9 cm³/mol. The molecule has 0 aliphatic carbocycles. The highest BCUT2D eigenvalue weighted by molar-refractivity contribution is 5.53. The Bertz CT molecular complexity index is 408. The van der Waals surface area contributed by atoms with Gasteiger partial charge >= 0.3 is 0 Å². The molecule has 0 saturated heterocycles. The minimum Gasteiger partial charge on any atom is -0.476 e. The van der Waals surface area contributed by atoms with E-state index in [1.165, 1.54) is 0 Å². The molecular formula is C15H27N3O2.